The molecule has 0 unspecified atom stereocenters. The number of hydrogen-bond donors (Lipinski definition) is 6. The summed E-state index contributed by atoms with van der Waals surface area (Å²) in [4.78, 5) is 23.5. The summed E-state index contributed by atoms with van der Waals surface area (Å²) in [5, 5.41) is 58.9. The molecule has 0 saturated heterocycles. The summed E-state index contributed by atoms with van der Waals surface area (Å²) in [5.41, 5.74) is 1.84. The normalized spacial score (nSPS) is 22.4. The molecule has 0 saturated carbocycles. The van der Waals surface area contributed by atoms with E-state index in [-0.39, 0.29) is 6.61 Å². The Bertz CT molecular complexity index is 990. The molecule has 6 N–H and O–H groups in total. The van der Waals surface area contributed by atoms with E-state index < -0.39 is 54.6 Å². The highest BCUT2D eigenvalue weighted by molar-refractivity contribution is 5.84. The molecule has 2 aromatic rings. The summed E-state index contributed by atoms with van der Waals surface area (Å²) in [6.07, 6.45) is -2.01. The van der Waals surface area contributed by atoms with Crippen LogP contribution in [-0.2, 0) is 20.9 Å². The molecule has 1 amide bonds. The summed E-state index contributed by atoms with van der Waals surface area (Å²) < 4.78 is 6.67. The van der Waals surface area contributed by atoms with Gasteiger partial charge in [-0.15, -0.1) is 5.10 Å². The molecular weight excluding hydrogens is 424 g/mol. The SMILES string of the molecule is CC(=O)N[C@H]1[C@H]([C@H](O)[C@H](O)CO)OC(C(=O)O)=C[C@@H]1n1cc(-c2ccc(CO)cc2)nn1. The van der Waals surface area contributed by atoms with E-state index in [0.717, 1.165) is 0 Å². The number of aromatic nitrogens is 3. The van der Waals surface area contributed by atoms with Crippen LogP contribution in [0.25, 0.3) is 11.3 Å². The van der Waals surface area contributed by atoms with Gasteiger partial charge in [0.15, 0.2) is 0 Å². The number of benzene rings is 1. The second kappa shape index (κ2) is 9.87. The standard InChI is InChI=1S/C20H24N4O8/c1-10(27)21-17-14(6-16(20(30)31)32-19(17)18(29)15(28)9-26)24-7-13(22-23-24)12-4-2-11(8-25)3-5-12/h2-7,14-15,17-19,25-26,28-29H,8-9H2,1H3,(H,21,27)(H,30,31)/t14-,15+,17+,18+,19+/m0/s1. The first-order chi connectivity index (χ1) is 15.2. The monoisotopic (exact) mass is 448 g/mol. The van der Waals surface area contributed by atoms with Crippen LogP contribution in [0.5, 0.6) is 0 Å². The Morgan fingerprint density at radius 3 is 2.47 bits per heavy atom. The molecule has 32 heavy (non-hydrogen) atoms. The molecule has 0 radical (unpaired) electrons. The number of hydrogen-bond acceptors (Lipinski definition) is 9. The fourth-order valence-electron chi connectivity index (χ4n) is 3.42. The largest absolute Gasteiger partial charge is 0.478 e. The molecule has 1 aliphatic heterocycles. The number of aliphatic carboxylic acids is 1. The fraction of sp³-hybridized carbons (Fsp3) is 0.400. The van der Waals surface area contributed by atoms with Crippen molar-refractivity contribution < 1.29 is 39.9 Å². The number of carboxylic acids is 1. The van der Waals surface area contributed by atoms with E-state index in [0.29, 0.717) is 16.8 Å². The Morgan fingerprint density at radius 2 is 1.91 bits per heavy atom. The summed E-state index contributed by atoms with van der Waals surface area (Å²) in [6, 6.07) is 4.91. The zero-order valence-electron chi connectivity index (χ0n) is 17.1. The maximum atomic E-state index is 11.8. The van der Waals surface area contributed by atoms with Crippen molar-refractivity contribution in [1.29, 1.82) is 0 Å². The first-order valence-corrected chi connectivity index (χ1v) is 9.73. The minimum Gasteiger partial charge on any atom is -0.478 e. The quantitative estimate of drug-likeness (QED) is 0.279. The summed E-state index contributed by atoms with van der Waals surface area (Å²) >= 11 is 0. The number of aliphatic hydroxyl groups is 4. The molecule has 5 atom stereocenters. The number of carbonyl (C=O) groups is 2. The van der Waals surface area contributed by atoms with Gasteiger partial charge in [0, 0.05) is 12.5 Å². The van der Waals surface area contributed by atoms with Crippen LogP contribution in [0, 0.1) is 0 Å². The van der Waals surface area contributed by atoms with E-state index in [4.69, 9.17) is 4.74 Å². The topological polar surface area (TPSA) is 187 Å². The maximum Gasteiger partial charge on any atom is 0.370 e. The van der Waals surface area contributed by atoms with Crippen molar-refractivity contribution in [3.63, 3.8) is 0 Å². The summed E-state index contributed by atoms with van der Waals surface area (Å²) in [6.45, 7) is 0.316. The van der Waals surface area contributed by atoms with E-state index in [1.54, 1.807) is 24.3 Å². The number of nitrogens with zero attached hydrogens (tertiary/aromatic N) is 3. The van der Waals surface area contributed by atoms with Crippen LogP contribution in [0.15, 0.2) is 42.3 Å². The third kappa shape index (κ3) is 4.94. The van der Waals surface area contributed by atoms with Crippen LogP contribution in [-0.4, -0.2) is 83.4 Å². The van der Waals surface area contributed by atoms with Crippen LogP contribution in [0.4, 0.5) is 0 Å². The lowest BCUT2D eigenvalue weighted by molar-refractivity contribution is -0.147. The van der Waals surface area contributed by atoms with Crippen molar-refractivity contribution in [2.45, 2.75) is 43.9 Å². The molecule has 3 rings (SSSR count). The minimum atomic E-state index is -1.71. The average molecular weight is 448 g/mol. The molecule has 0 bridgehead atoms. The molecule has 0 spiro atoms. The van der Waals surface area contributed by atoms with Crippen LogP contribution < -0.4 is 5.32 Å². The van der Waals surface area contributed by atoms with Gasteiger partial charge in [0.2, 0.25) is 11.7 Å². The lowest BCUT2D eigenvalue weighted by Gasteiger charge is -2.39. The van der Waals surface area contributed by atoms with Gasteiger partial charge >= 0.3 is 5.97 Å². The molecule has 1 aliphatic rings. The third-order valence-electron chi connectivity index (χ3n) is 5.05. The number of nitrogens with one attached hydrogen (secondary N) is 1. The molecule has 0 fully saturated rings. The van der Waals surface area contributed by atoms with Gasteiger partial charge < -0.3 is 35.6 Å². The summed E-state index contributed by atoms with van der Waals surface area (Å²) in [5.74, 6) is -2.44. The number of rotatable bonds is 8. The average Bonchev–Trinajstić information content (AvgIpc) is 3.27. The highest BCUT2D eigenvalue weighted by Gasteiger charge is 2.44. The number of aliphatic hydroxyl groups excluding tert-OH is 4. The molecule has 0 aliphatic carbocycles. The first-order valence-electron chi connectivity index (χ1n) is 9.73. The van der Waals surface area contributed by atoms with Gasteiger partial charge in [-0.2, -0.15) is 0 Å². The van der Waals surface area contributed by atoms with Gasteiger partial charge in [0.1, 0.15) is 24.0 Å². The van der Waals surface area contributed by atoms with Crippen LogP contribution in [0.3, 0.4) is 0 Å². The molecule has 1 aromatic heterocycles. The van der Waals surface area contributed by atoms with Crippen molar-refractivity contribution in [2.75, 3.05) is 6.61 Å². The van der Waals surface area contributed by atoms with E-state index in [1.807, 2.05) is 0 Å². The van der Waals surface area contributed by atoms with Crippen molar-refractivity contribution in [3.8, 4) is 11.3 Å². The Labute approximate surface area is 182 Å². The van der Waals surface area contributed by atoms with E-state index >= 15 is 0 Å². The van der Waals surface area contributed by atoms with Crippen molar-refractivity contribution in [1.82, 2.24) is 20.3 Å². The van der Waals surface area contributed by atoms with Gasteiger partial charge in [-0.3, -0.25) is 4.79 Å². The van der Waals surface area contributed by atoms with E-state index in [1.165, 1.54) is 23.9 Å². The Morgan fingerprint density at radius 1 is 1.22 bits per heavy atom. The molecule has 172 valence electrons. The number of carbonyl (C=O) groups excluding carboxylic acids is 1. The van der Waals surface area contributed by atoms with Crippen LogP contribution in [0.2, 0.25) is 0 Å². The predicted molar refractivity (Wildman–Crippen MR) is 108 cm³/mol. The lowest BCUT2D eigenvalue weighted by Crippen LogP contribution is -2.58. The summed E-state index contributed by atoms with van der Waals surface area (Å²) in [7, 11) is 0. The number of carboxylic acid groups (broad SMARTS) is 1. The van der Waals surface area contributed by atoms with Gasteiger partial charge in [-0.25, -0.2) is 9.48 Å². The zero-order valence-corrected chi connectivity index (χ0v) is 17.1. The van der Waals surface area contributed by atoms with Gasteiger partial charge in [-0.05, 0) is 11.6 Å². The van der Waals surface area contributed by atoms with Crippen LogP contribution in [0.1, 0.15) is 18.5 Å². The molecule has 12 nitrogen and oxygen atoms in total. The van der Waals surface area contributed by atoms with Crippen LogP contribution >= 0.6 is 0 Å². The molecule has 2 heterocycles. The van der Waals surface area contributed by atoms with Gasteiger partial charge in [-0.1, -0.05) is 29.5 Å². The Balaban J connectivity index is 2.01. The van der Waals surface area contributed by atoms with E-state index in [2.05, 4.69) is 15.6 Å². The smallest absolute Gasteiger partial charge is 0.370 e. The molecular formula is C20H24N4O8. The van der Waals surface area contributed by atoms with Crippen molar-refractivity contribution in [2.24, 2.45) is 0 Å². The maximum absolute atomic E-state index is 11.8. The Kier molecular flexibility index (Phi) is 7.20. The lowest BCUT2D eigenvalue weighted by atomic mass is 9.92. The minimum absolute atomic E-state index is 0.112. The predicted octanol–water partition coefficient (Wildman–Crippen LogP) is -1.44. The second-order valence-electron chi connectivity index (χ2n) is 7.31. The zero-order chi connectivity index (χ0) is 23.4. The fourth-order valence-corrected chi connectivity index (χ4v) is 3.42. The van der Waals surface area contributed by atoms with E-state index in [9.17, 15) is 35.1 Å². The molecule has 1 aromatic carbocycles. The molecule has 12 heteroatoms. The van der Waals surface area contributed by atoms with Gasteiger partial charge in [0.25, 0.3) is 0 Å². The third-order valence-corrected chi connectivity index (χ3v) is 5.05. The second-order valence-corrected chi connectivity index (χ2v) is 7.31. The number of amides is 1. The van der Waals surface area contributed by atoms with Gasteiger partial charge in [0.05, 0.1) is 31.5 Å². The van der Waals surface area contributed by atoms with Crippen molar-refractivity contribution >= 4 is 11.9 Å². The highest BCUT2D eigenvalue weighted by Crippen LogP contribution is 2.30. The first kappa shape index (κ1) is 23.3. The highest BCUT2D eigenvalue weighted by atomic mass is 16.5. The van der Waals surface area contributed by atoms with Crippen molar-refractivity contribution in [3.05, 3.63) is 47.9 Å². The number of ether oxygens (including phenoxy) is 1. The Hall–Kier alpha value is -3.32.